The smallest absolute Gasteiger partial charge is 0.123 e. The van der Waals surface area contributed by atoms with Crippen LogP contribution in [0.5, 0.6) is 5.75 Å². The lowest BCUT2D eigenvalue weighted by atomic mass is 9.99. The van der Waals surface area contributed by atoms with Crippen molar-refractivity contribution in [3.8, 4) is 5.75 Å². The molecule has 3 heteroatoms. The van der Waals surface area contributed by atoms with Crippen molar-refractivity contribution in [2.75, 3.05) is 7.11 Å². The maximum atomic E-state index is 13.4. The molecule has 0 saturated heterocycles. The second-order valence-electron chi connectivity index (χ2n) is 4.90. The third-order valence-corrected chi connectivity index (χ3v) is 2.95. The van der Waals surface area contributed by atoms with Gasteiger partial charge in [-0.2, -0.15) is 0 Å². The standard InChI is InChI=1S/C15H24FNO/c1-5-6-7-14(17-11(2)3)13-10-12(16)8-9-15(13)18-4/h8-11,14,17H,5-7H2,1-4H3. The van der Waals surface area contributed by atoms with Gasteiger partial charge in [0.2, 0.25) is 0 Å². The lowest BCUT2D eigenvalue weighted by molar-refractivity contribution is 0.382. The molecule has 0 aliphatic rings. The predicted molar refractivity (Wildman–Crippen MR) is 73.5 cm³/mol. The summed E-state index contributed by atoms with van der Waals surface area (Å²) in [5.41, 5.74) is 0.916. The Morgan fingerprint density at radius 1 is 1.33 bits per heavy atom. The molecule has 0 aliphatic carbocycles. The van der Waals surface area contributed by atoms with E-state index in [1.54, 1.807) is 19.2 Å². The summed E-state index contributed by atoms with van der Waals surface area (Å²) in [4.78, 5) is 0. The molecular formula is C15H24FNO. The van der Waals surface area contributed by atoms with Gasteiger partial charge in [-0.1, -0.05) is 33.6 Å². The second-order valence-corrected chi connectivity index (χ2v) is 4.90. The monoisotopic (exact) mass is 253 g/mol. The van der Waals surface area contributed by atoms with E-state index in [1.807, 2.05) is 0 Å². The van der Waals surface area contributed by atoms with E-state index in [1.165, 1.54) is 6.07 Å². The molecule has 0 bridgehead atoms. The molecule has 0 aromatic heterocycles. The van der Waals surface area contributed by atoms with Crippen molar-refractivity contribution in [3.63, 3.8) is 0 Å². The number of unbranched alkanes of at least 4 members (excludes halogenated alkanes) is 1. The average Bonchev–Trinajstić information content (AvgIpc) is 2.34. The van der Waals surface area contributed by atoms with Gasteiger partial charge in [0.15, 0.2) is 0 Å². The minimum Gasteiger partial charge on any atom is -0.496 e. The average molecular weight is 253 g/mol. The molecule has 1 aromatic carbocycles. The largest absolute Gasteiger partial charge is 0.496 e. The van der Waals surface area contributed by atoms with Crippen molar-refractivity contribution in [2.45, 2.75) is 52.1 Å². The summed E-state index contributed by atoms with van der Waals surface area (Å²) < 4.78 is 18.8. The Kier molecular flexibility index (Phi) is 6.13. The SMILES string of the molecule is CCCCC(NC(C)C)c1cc(F)ccc1OC. The van der Waals surface area contributed by atoms with Crippen molar-refractivity contribution in [3.05, 3.63) is 29.6 Å². The van der Waals surface area contributed by atoms with Crippen molar-refractivity contribution in [2.24, 2.45) is 0 Å². The maximum Gasteiger partial charge on any atom is 0.123 e. The molecule has 0 spiro atoms. The van der Waals surface area contributed by atoms with E-state index < -0.39 is 0 Å². The number of methoxy groups -OCH3 is 1. The van der Waals surface area contributed by atoms with Crippen LogP contribution in [0.25, 0.3) is 0 Å². The Bertz CT molecular complexity index is 366. The summed E-state index contributed by atoms with van der Waals surface area (Å²) in [5, 5.41) is 3.49. The highest BCUT2D eigenvalue weighted by Crippen LogP contribution is 2.29. The fraction of sp³-hybridized carbons (Fsp3) is 0.600. The molecule has 1 aromatic rings. The van der Waals surface area contributed by atoms with Gasteiger partial charge in [-0.3, -0.25) is 0 Å². The highest BCUT2D eigenvalue weighted by Gasteiger charge is 2.17. The van der Waals surface area contributed by atoms with Gasteiger partial charge in [0.05, 0.1) is 7.11 Å². The molecule has 18 heavy (non-hydrogen) atoms. The second kappa shape index (κ2) is 7.37. The third kappa shape index (κ3) is 4.30. The normalized spacial score (nSPS) is 12.8. The van der Waals surface area contributed by atoms with Crippen LogP contribution in [0.1, 0.15) is 51.6 Å². The van der Waals surface area contributed by atoms with Crippen LogP contribution in [-0.4, -0.2) is 13.2 Å². The van der Waals surface area contributed by atoms with Gasteiger partial charge in [-0.05, 0) is 24.6 Å². The number of nitrogens with one attached hydrogen (secondary N) is 1. The lowest BCUT2D eigenvalue weighted by Crippen LogP contribution is -2.28. The van der Waals surface area contributed by atoms with Crippen LogP contribution in [0.2, 0.25) is 0 Å². The summed E-state index contributed by atoms with van der Waals surface area (Å²) >= 11 is 0. The Labute approximate surface area is 110 Å². The van der Waals surface area contributed by atoms with Crippen LogP contribution < -0.4 is 10.1 Å². The number of ether oxygens (including phenoxy) is 1. The first-order valence-electron chi connectivity index (χ1n) is 6.68. The van der Waals surface area contributed by atoms with E-state index in [0.29, 0.717) is 6.04 Å². The highest BCUT2D eigenvalue weighted by molar-refractivity contribution is 5.36. The van der Waals surface area contributed by atoms with Gasteiger partial charge in [-0.15, -0.1) is 0 Å². The van der Waals surface area contributed by atoms with Gasteiger partial charge in [0.1, 0.15) is 11.6 Å². The van der Waals surface area contributed by atoms with Crippen molar-refractivity contribution in [1.29, 1.82) is 0 Å². The molecule has 0 saturated carbocycles. The maximum absolute atomic E-state index is 13.4. The number of halogens is 1. The number of rotatable bonds is 7. The highest BCUT2D eigenvalue weighted by atomic mass is 19.1. The summed E-state index contributed by atoms with van der Waals surface area (Å²) in [6.07, 6.45) is 3.24. The van der Waals surface area contributed by atoms with Crippen LogP contribution in [0, 0.1) is 5.82 Å². The summed E-state index contributed by atoms with van der Waals surface area (Å²) in [6, 6.07) is 5.23. The van der Waals surface area contributed by atoms with Crippen LogP contribution >= 0.6 is 0 Å². The molecule has 2 nitrogen and oxygen atoms in total. The number of hydrogen-bond donors (Lipinski definition) is 1. The predicted octanol–water partition coefficient (Wildman–Crippen LogP) is 4.06. The molecule has 1 atom stereocenters. The van der Waals surface area contributed by atoms with Crippen molar-refractivity contribution in [1.82, 2.24) is 5.32 Å². The van der Waals surface area contributed by atoms with E-state index in [2.05, 4.69) is 26.1 Å². The zero-order valence-corrected chi connectivity index (χ0v) is 11.8. The Morgan fingerprint density at radius 3 is 2.61 bits per heavy atom. The number of benzene rings is 1. The molecule has 102 valence electrons. The molecular weight excluding hydrogens is 229 g/mol. The first-order chi connectivity index (χ1) is 8.58. The number of hydrogen-bond acceptors (Lipinski definition) is 2. The van der Waals surface area contributed by atoms with Crippen LogP contribution in [0.3, 0.4) is 0 Å². The lowest BCUT2D eigenvalue weighted by Gasteiger charge is -2.23. The first-order valence-corrected chi connectivity index (χ1v) is 6.68. The summed E-state index contributed by atoms with van der Waals surface area (Å²) in [7, 11) is 1.63. The third-order valence-electron chi connectivity index (χ3n) is 2.95. The van der Waals surface area contributed by atoms with Crippen molar-refractivity contribution < 1.29 is 9.13 Å². The van der Waals surface area contributed by atoms with Gasteiger partial charge < -0.3 is 10.1 Å². The molecule has 1 rings (SSSR count). The Morgan fingerprint density at radius 2 is 2.06 bits per heavy atom. The van der Waals surface area contributed by atoms with E-state index >= 15 is 0 Å². The van der Waals surface area contributed by atoms with Crippen LogP contribution in [0.15, 0.2) is 18.2 Å². The molecule has 0 heterocycles. The summed E-state index contributed by atoms with van der Waals surface area (Å²) in [5.74, 6) is 0.545. The molecule has 0 fully saturated rings. The molecule has 0 aliphatic heterocycles. The minimum absolute atomic E-state index is 0.149. The fourth-order valence-corrected chi connectivity index (χ4v) is 2.12. The molecule has 0 radical (unpaired) electrons. The van der Waals surface area contributed by atoms with E-state index in [0.717, 1.165) is 30.6 Å². The fourth-order valence-electron chi connectivity index (χ4n) is 2.12. The Balaban J connectivity index is 2.98. The topological polar surface area (TPSA) is 21.3 Å². The van der Waals surface area contributed by atoms with Crippen LogP contribution in [0.4, 0.5) is 4.39 Å². The van der Waals surface area contributed by atoms with Gasteiger partial charge in [0.25, 0.3) is 0 Å². The zero-order valence-electron chi connectivity index (χ0n) is 11.8. The first kappa shape index (κ1) is 15.0. The van der Waals surface area contributed by atoms with Gasteiger partial charge >= 0.3 is 0 Å². The van der Waals surface area contributed by atoms with Gasteiger partial charge in [0, 0.05) is 17.6 Å². The Hall–Kier alpha value is -1.09. The molecule has 1 N–H and O–H groups in total. The van der Waals surface area contributed by atoms with E-state index in [9.17, 15) is 4.39 Å². The molecule has 0 amide bonds. The van der Waals surface area contributed by atoms with Gasteiger partial charge in [-0.25, -0.2) is 4.39 Å². The van der Waals surface area contributed by atoms with E-state index in [-0.39, 0.29) is 11.9 Å². The van der Waals surface area contributed by atoms with Crippen LogP contribution in [-0.2, 0) is 0 Å². The van der Waals surface area contributed by atoms with Crippen molar-refractivity contribution >= 4 is 0 Å². The minimum atomic E-state index is -0.210. The quantitative estimate of drug-likeness (QED) is 0.791. The van der Waals surface area contributed by atoms with E-state index in [4.69, 9.17) is 4.74 Å². The molecule has 1 unspecified atom stereocenters. The zero-order chi connectivity index (χ0) is 13.5. The summed E-state index contributed by atoms with van der Waals surface area (Å²) in [6.45, 7) is 6.37.